The number of Topliss-reactive ketones (excluding diaryl/α,β-unsaturated/α-hetero) is 1. The van der Waals surface area contributed by atoms with E-state index in [0.717, 1.165) is 12.8 Å². The Morgan fingerprint density at radius 2 is 2.45 bits per heavy atom. The van der Waals surface area contributed by atoms with Gasteiger partial charge in [0.1, 0.15) is 5.69 Å². The minimum Gasteiger partial charge on any atom is -0.292 e. The number of aryl methyl sites for hydroxylation is 1. The van der Waals surface area contributed by atoms with Gasteiger partial charge in [-0.1, -0.05) is 5.21 Å². The summed E-state index contributed by atoms with van der Waals surface area (Å²) < 4.78 is 1.55. The molecule has 4 heteroatoms. The van der Waals surface area contributed by atoms with Crippen molar-refractivity contribution in [2.75, 3.05) is 0 Å². The summed E-state index contributed by atoms with van der Waals surface area (Å²) in [6.07, 6.45) is 3.71. The normalized spacial score (nSPS) is 16.8. The summed E-state index contributed by atoms with van der Waals surface area (Å²) in [7, 11) is 1.76. The molecule has 1 saturated carbocycles. The van der Waals surface area contributed by atoms with Crippen LogP contribution < -0.4 is 0 Å². The lowest BCUT2D eigenvalue weighted by atomic mass is 10.2. The number of nitrogens with zero attached hydrogens (tertiary/aromatic N) is 3. The smallest absolute Gasteiger partial charge is 0.187 e. The second-order valence-corrected chi connectivity index (χ2v) is 2.92. The van der Waals surface area contributed by atoms with E-state index < -0.39 is 0 Å². The molecule has 0 atom stereocenters. The first-order valence-electron chi connectivity index (χ1n) is 3.68. The third kappa shape index (κ3) is 1.15. The fraction of sp³-hybridized carbons (Fsp3) is 0.571. The van der Waals surface area contributed by atoms with Gasteiger partial charge in [-0.05, 0) is 12.8 Å². The highest BCUT2D eigenvalue weighted by atomic mass is 16.1. The van der Waals surface area contributed by atoms with E-state index in [-0.39, 0.29) is 11.7 Å². The summed E-state index contributed by atoms with van der Waals surface area (Å²) in [6.45, 7) is 0. The van der Waals surface area contributed by atoms with E-state index in [1.54, 1.807) is 17.9 Å². The Morgan fingerprint density at radius 1 is 1.73 bits per heavy atom. The molecular weight excluding hydrogens is 142 g/mol. The molecule has 0 N–H and O–H groups in total. The Kier molecular flexibility index (Phi) is 1.27. The quantitative estimate of drug-likeness (QED) is 0.575. The summed E-state index contributed by atoms with van der Waals surface area (Å²) in [5, 5.41) is 7.43. The summed E-state index contributed by atoms with van der Waals surface area (Å²) in [5.41, 5.74) is 0.509. The number of rotatable bonds is 2. The van der Waals surface area contributed by atoms with Gasteiger partial charge < -0.3 is 0 Å². The molecule has 4 nitrogen and oxygen atoms in total. The molecule has 0 amide bonds. The van der Waals surface area contributed by atoms with E-state index >= 15 is 0 Å². The molecule has 0 aliphatic heterocycles. The van der Waals surface area contributed by atoms with Gasteiger partial charge in [0, 0.05) is 13.0 Å². The topological polar surface area (TPSA) is 47.8 Å². The average molecular weight is 151 g/mol. The Balaban J connectivity index is 2.21. The second kappa shape index (κ2) is 2.15. The van der Waals surface area contributed by atoms with Gasteiger partial charge in [-0.2, -0.15) is 0 Å². The molecule has 11 heavy (non-hydrogen) atoms. The van der Waals surface area contributed by atoms with Crippen molar-refractivity contribution < 1.29 is 4.79 Å². The van der Waals surface area contributed by atoms with Gasteiger partial charge >= 0.3 is 0 Å². The van der Waals surface area contributed by atoms with Gasteiger partial charge in [-0.3, -0.25) is 9.48 Å². The molecule has 0 bridgehead atoms. The van der Waals surface area contributed by atoms with Crippen LogP contribution in [-0.2, 0) is 7.05 Å². The maximum Gasteiger partial charge on any atom is 0.187 e. The van der Waals surface area contributed by atoms with Gasteiger partial charge in [-0.25, -0.2) is 0 Å². The zero-order valence-electron chi connectivity index (χ0n) is 6.32. The van der Waals surface area contributed by atoms with Gasteiger partial charge in [-0.15, -0.1) is 5.10 Å². The van der Waals surface area contributed by atoms with E-state index in [1.807, 2.05) is 0 Å². The first-order valence-corrected chi connectivity index (χ1v) is 3.68. The molecule has 1 fully saturated rings. The Bertz CT molecular complexity index is 288. The van der Waals surface area contributed by atoms with Crippen LogP contribution in [0, 0.1) is 5.92 Å². The fourth-order valence-electron chi connectivity index (χ4n) is 1.01. The molecule has 1 aromatic heterocycles. The minimum absolute atomic E-state index is 0.151. The predicted octanol–water partition coefficient (Wildman–Crippen LogP) is 0.408. The van der Waals surface area contributed by atoms with Crippen molar-refractivity contribution in [3.8, 4) is 0 Å². The van der Waals surface area contributed by atoms with Crippen LogP contribution in [0.3, 0.4) is 0 Å². The molecule has 0 unspecified atom stereocenters. The van der Waals surface area contributed by atoms with Crippen molar-refractivity contribution in [3.05, 3.63) is 11.9 Å². The molecule has 0 spiro atoms. The Morgan fingerprint density at radius 3 is 2.91 bits per heavy atom. The number of ketones is 1. The summed E-state index contributed by atoms with van der Waals surface area (Å²) >= 11 is 0. The van der Waals surface area contributed by atoms with Crippen LogP contribution >= 0.6 is 0 Å². The molecule has 58 valence electrons. The van der Waals surface area contributed by atoms with Crippen LogP contribution in [-0.4, -0.2) is 20.8 Å². The summed E-state index contributed by atoms with van der Waals surface area (Å²) in [5.74, 6) is 0.393. The van der Waals surface area contributed by atoms with E-state index in [4.69, 9.17) is 0 Å². The molecule has 0 aromatic carbocycles. The SMILES string of the molecule is Cn1cc(C(=O)C2CC2)nn1. The Hall–Kier alpha value is -1.19. The first-order chi connectivity index (χ1) is 5.27. The third-order valence-corrected chi connectivity index (χ3v) is 1.80. The van der Waals surface area contributed by atoms with Crippen LogP contribution in [0.15, 0.2) is 6.20 Å². The first kappa shape index (κ1) is 6.52. The van der Waals surface area contributed by atoms with Crippen molar-refractivity contribution in [2.45, 2.75) is 12.8 Å². The number of hydrogen-bond donors (Lipinski definition) is 0. The molecular formula is C7H9N3O. The number of carbonyl (C=O) groups excluding carboxylic acids is 1. The maximum atomic E-state index is 11.3. The fourth-order valence-corrected chi connectivity index (χ4v) is 1.01. The molecule has 2 rings (SSSR count). The van der Waals surface area contributed by atoms with Crippen molar-refractivity contribution in [1.82, 2.24) is 15.0 Å². The van der Waals surface area contributed by atoms with E-state index in [2.05, 4.69) is 10.3 Å². The van der Waals surface area contributed by atoms with Crippen molar-refractivity contribution in [2.24, 2.45) is 13.0 Å². The van der Waals surface area contributed by atoms with Crippen LogP contribution in [0.1, 0.15) is 23.3 Å². The Labute approximate surface area is 64.2 Å². The number of hydrogen-bond acceptors (Lipinski definition) is 3. The second-order valence-electron chi connectivity index (χ2n) is 2.92. The molecule has 0 saturated heterocycles. The highest BCUT2D eigenvalue weighted by molar-refractivity contribution is 5.97. The van der Waals surface area contributed by atoms with Crippen LogP contribution in [0.4, 0.5) is 0 Å². The van der Waals surface area contributed by atoms with Crippen LogP contribution in [0.2, 0.25) is 0 Å². The van der Waals surface area contributed by atoms with E-state index in [1.165, 1.54) is 0 Å². The van der Waals surface area contributed by atoms with Crippen LogP contribution in [0.25, 0.3) is 0 Å². The van der Waals surface area contributed by atoms with E-state index in [9.17, 15) is 4.79 Å². The highest BCUT2D eigenvalue weighted by Crippen LogP contribution is 2.31. The van der Waals surface area contributed by atoms with Gasteiger partial charge in [0.2, 0.25) is 0 Å². The minimum atomic E-state index is 0.151. The average Bonchev–Trinajstić information content (AvgIpc) is 2.74. The zero-order valence-corrected chi connectivity index (χ0v) is 6.32. The monoisotopic (exact) mass is 151 g/mol. The van der Waals surface area contributed by atoms with Crippen LogP contribution in [0.5, 0.6) is 0 Å². The third-order valence-electron chi connectivity index (χ3n) is 1.80. The van der Waals surface area contributed by atoms with Gasteiger partial charge in [0.05, 0.1) is 6.20 Å². The molecule has 1 aromatic rings. The predicted molar refractivity (Wildman–Crippen MR) is 38.1 cm³/mol. The van der Waals surface area contributed by atoms with Crippen molar-refractivity contribution in [1.29, 1.82) is 0 Å². The van der Waals surface area contributed by atoms with Gasteiger partial charge in [0.15, 0.2) is 5.78 Å². The number of carbonyl (C=O) groups is 1. The highest BCUT2D eigenvalue weighted by Gasteiger charge is 2.31. The molecule has 1 heterocycles. The number of aromatic nitrogens is 3. The molecule has 0 radical (unpaired) electrons. The van der Waals surface area contributed by atoms with Crippen molar-refractivity contribution >= 4 is 5.78 Å². The van der Waals surface area contributed by atoms with Crippen molar-refractivity contribution in [3.63, 3.8) is 0 Å². The summed E-state index contributed by atoms with van der Waals surface area (Å²) in [4.78, 5) is 11.3. The lowest BCUT2D eigenvalue weighted by molar-refractivity contribution is 0.0962. The van der Waals surface area contributed by atoms with Gasteiger partial charge in [0.25, 0.3) is 0 Å². The molecule has 1 aliphatic rings. The lowest BCUT2D eigenvalue weighted by Crippen LogP contribution is -2.01. The maximum absolute atomic E-state index is 11.3. The largest absolute Gasteiger partial charge is 0.292 e. The lowest BCUT2D eigenvalue weighted by Gasteiger charge is -1.87. The summed E-state index contributed by atoms with van der Waals surface area (Å²) in [6, 6.07) is 0. The zero-order chi connectivity index (χ0) is 7.84. The standard InChI is InChI=1S/C7H9N3O/c1-10-4-6(8-9-10)7(11)5-2-3-5/h4-5H,2-3H2,1H3. The molecule has 1 aliphatic carbocycles. The van der Waals surface area contributed by atoms with E-state index in [0.29, 0.717) is 5.69 Å².